The minimum absolute atomic E-state index is 0.0361. The normalized spacial score (nSPS) is 10.4. The molecule has 0 aliphatic carbocycles. The molecule has 0 radical (unpaired) electrons. The topological polar surface area (TPSA) is 40.5 Å². The zero-order chi connectivity index (χ0) is 13.8. The molecule has 0 bridgehead atoms. The standard InChI is InChI=1S/C14H14ClNO2S/c1-16(9-11-6-7-13(15)19-11)14(18)8-10-4-2-3-5-12(10)17/h2-7,17H,8-9H2,1H3. The van der Waals surface area contributed by atoms with Gasteiger partial charge in [-0.2, -0.15) is 0 Å². The molecule has 0 aliphatic rings. The van der Waals surface area contributed by atoms with Crippen LogP contribution in [-0.2, 0) is 17.8 Å². The number of carbonyl (C=O) groups is 1. The van der Waals surface area contributed by atoms with E-state index in [1.54, 1.807) is 36.2 Å². The van der Waals surface area contributed by atoms with E-state index < -0.39 is 0 Å². The van der Waals surface area contributed by atoms with Crippen molar-refractivity contribution in [3.63, 3.8) is 0 Å². The van der Waals surface area contributed by atoms with Gasteiger partial charge in [0.05, 0.1) is 17.3 Å². The summed E-state index contributed by atoms with van der Waals surface area (Å²) >= 11 is 7.32. The SMILES string of the molecule is CN(Cc1ccc(Cl)s1)C(=O)Cc1ccccc1O. The van der Waals surface area contributed by atoms with Gasteiger partial charge in [0.2, 0.25) is 5.91 Å². The van der Waals surface area contributed by atoms with Crippen molar-refractivity contribution in [1.29, 1.82) is 0 Å². The average molecular weight is 296 g/mol. The zero-order valence-corrected chi connectivity index (χ0v) is 12.0. The van der Waals surface area contributed by atoms with Crippen LogP contribution in [0.3, 0.4) is 0 Å². The van der Waals surface area contributed by atoms with Crippen LogP contribution < -0.4 is 0 Å². The molecule has 0 fully saturated rings. The second-order valence-corrected chi connectivity index (χ2v) is 6.06. The van der Waals surface area contributed by atoms with Gasteiger partial charge in [-0.15, -0.1) is 11.3 Å². The summed E-state index contributed by atoms with van der Waals surface area (Å²) in [6, 6.07) is 10.6. The van der Waals surface area contributed by atoms with Crippen LogP contribution in [0.15, 0.2) is 36.4 Å². The van der Waals surface area contributed by atoms with Crippen molar-refractivity contribution in [2.45, 2.75) is 13.0 Å². The summed E-state index contributed by atoms with van der Waals surface area (Å²) in [6.45, 7) is 0.532. The first-order valence-corrected chi connectivity index (χ1v) is 7.01. The van der Waals surface area contributed by atoms with Gasteiger partial charge in [0.15, 0.2) is 0 Å². The van der Waals surface area contributed by atoms with E-state index in [0.29, 0.717) is 12.1 Å². The third-order valence-electron chi connectivity index (χ3n) is 2.78. The molecular formula is C14H14ClNO2S. The second-order valence-electron chi connectivity index (χ2n) is 4.26. The number of hydrogen-bond acceptors (Lipinski definition) is 3. The number of aromatic hydroxyl groups is 1. The van der Waals surface area contributed by atoms with E-state index >= 15 is 0 Å². The van der Waals surface area contributed by atoms with Crippen molar-refractivity contribution in [3.05, 3.63) is 51.2 Å². The maximum Gasteiger partial charge on any atom is 0.227 e. The molecule has 0 saturated heterocycles. The molecule has 5 heteroatoms. The summed E-state index contributed by atoms with van der Waals surface area (Å²) in [4.78, 5) is 14.7. The molecule has 100 valence electrons. The quantitative estimate of drug-likeness (QED) is 0.940. The highest BCUT2D eigenvalue weighted by molar-refractivity contribution is 7.16. The Balaban J connectivity index is 1.98. The molecule has 0 unspecified atom stereocenters. The van der Waals surface area contributed by atoms with E-state index in [2.05, 4.69) is 0 Å². The number of phenols is 1. The van der Waals surface area contributed by atoms with E-state index in [-0.39, 0.29) is 18.1 Å². The second kappa shape index (κ2) is 6.08. The van der Waals surface area contributed by atoms with Crippen LogP contribution in [0.4, 0.5) is 0 Å². The van der Waals surface area contributed by atoms with Crippen LogP contribution in [-0.4, -0.2) is 23.0 Å². The van der Waals surface area contributed by atoms with Gasteiger partial charge in [-0.05, 0) is 18.2 Å². The summed E-state index contributed by atoms with van der Waals surface area (Å²) in [6.07, 6.45) is 0.197. The summed E-state index contributed by atoms with van der Waals surface area (Å²) in [7, 11) is 1.75. The Morgan fingerprint density at radius 3 is 2.68 bits per heavy atom. The Kier molecular flexibility index (Phi) is 4.45. The average Bonchev–Trinajstić information content (AvgIpc) is 2.77. The highest BCUT2D eigenvalue weighted by Crippen LogP contribution is 2.23. The number of phenolic OH excluding ortho intramolecular Hbond substituents is 1. The fourth-order valence-electron chi connectivity index (χ4n) is 1.72. The van der Waals surface area contributed by atoms with Crippen LogP contribution in [0, 0.1) is 0 Å². The highest BCUT2D eigenvalue weighted by Gasteiger charge is 2.13. The molecule has 0 atom stereocenters. The Morgan fingerprint density at radius 2 is 2.05 bits per heavy atom. The van der Waals surface area contributed by atoms with Crippen molar-refractivity contribution in [2.24, 2.45) is 0 Å². The third kappa shape index (κ3) is 3.72. The number of thiophene rings is 1. The van der Waals surface area contributed by atoms with Gasteiger partial charge in [-0.25, -0.2) is 0 Å². The Bertz CT molecular complexity index is 582. The largest absolute Gasteiger partial charge is 0.508 e. The third-order valence-corrected chi connectivity index (χ3v) is 4.00. The number of carbonyl (C=O) groups excluding carboxylic acids is 1. The number of para-hydroxylation sites is 1. The van der Waals surface area contributed by atoms with Crippen molar-refractivity contribution in [1.82, 2.24) is 4.90 Å². The minimum atomic E-state index is -0.0361. The van der Waals surface area contributed by atoms with Crippen LogP contribution in [0.5, 0.6) is 5.75 Å². The predicted molar refractivity (Wildman–Crippen MR) is 77.6 cm³/mol. The van der Waals surface area contributed by atoms with Gasteiger partial charge in [0, 0.05) is 17.5 Å². The molecule has 0 saturated carbocycles. The van der Waals surface area contributed by atoms with Crippen molar-refractivity contribution in [2.75, 3.05) is 7.05 Å². The molecule has 1 aromatic carbocycles. The van der Waals surface area contributed by atoms with Gasteiger partial charge in [-0.3, -0.25) is 4.79 Å². The Labute approximate surface area is 121 Å². The summed E-state index contributed by atoms with van der Waals surface area (Å²) < 4.78 is 0.719. The lowest BCUT2D eigenvalue weighted by Crippen LogP contribution is -2.27. The van der Waals surface area contributed by atoms with Crippen LogP contribution in [0.2, 0.25) is 4.34 Å². The number of benzene rings is 1. The molecule has 1 aromatic heterocycles. The van der Waals surface area contributed by atoms with Gasteiger partial charge in [0.25, 0.3) is 0 Å². The molecule has 0 aliphatic heterocycles. The number of halogens is 1. The summed E-state index contributed by atoms with van der Waals surface area (Å²) in [5.41, 5.74) is 0.642. The fourth-order valence-corrected chi connectivity index (χ4v) is 2.86. The molecule has 1 N–H and O–H groups in total. The van der Waals surface area contributed by atoms with E-state index in [1.807, 2.05) is 12.1 Å². The molecule has 2 aromatic rings. The number of nitrogens with zero attached hydrogens (tertiary/aromatic N) is 1. The number of rotatable bonds is 4. The first kappa shape index (κ1) is 13.9. The summed E-state index contributed by atoms with van der Waals surface area (Å²) in [5, 5.41) is 9.65. The van der Waals surface area contributed by atoms with Crippen LogP contribution in [0.25, 0.3) is 0 Å². The Hall–Kier alpha value is -1.52. The van der Waals surface area contributed by atoms with E-state index in [4.69, 9.17) is 11.6 Å². The molecule has 3 nitrogen and oxygen atoms in total. The van der Waals surface area contributed by atoms with Crippen LogP contribution in [0.1, 0.15) is 10.4 Å². The van der Waals surface area contributed by atoms with E-state index in [9.17, 15) is 9.90 Å². The molecule has 19 heavy (non-hydrogen) atoms. The van der Waals surface area contributed by atoms with Gasteiger partial charge >= 0.3 is 0 Å². The maximum absolute atomic E-state index is 12.1. The van der Waals surface area contributed by atoms with Gasteiger partial charge < -0.3 is 10.0 Å². The lowest BCUT2D eigenvalue weighted by Gasteiger charge is -2.16. The minimum Gasteiger partial charge on any atom is -0.508 e. The molecule has 2 rings (SSSR count). The monoisotopic (exact) mass is 295 g/mol. The molecule has 1 amide bonds. The lowest BCUT2D eigenvalue weighted by molar-refractivity contribution is -0.129. The van der Waals surface area contributed by atoms with Crippen molar-refractivity contribution in [3.8, 4) is 5.75 Å². The molecular weight excluding hydrogens is 282 g/mol. The fraction of sp³-hybridized carbons (Fsp3) is 0.214. The van der Waals surface area contributed by atoms with Gasteiger partial charge in [0.1, 0.15) is 5.75 Å². The number of likely N-dealkylation sites (N-methyl/N-ethyl adjacent to an activating group) is 1. The van der Waals surface area contributed by atoms with Crippen LogP contribution >= 0.6 is 22.9 Å². The lowest BCUT2D eigenvalue weighted by atomic mass is 10.1. The first-order chi connectivity index (χ1) is 9.06. The number of amides is 1. The summed E-state index contributed by atoms with van der Waals surface area (Å²) in [5.74, 6) is 0.120. The smallest absolute Gasteiger partial charge is 0.227 e. The highest BCUT2D eigenvalue weighted by atomic mass is 35.5. The molecule has 0 spiro atoms. The van der Waals surface area contributed by atoms with Gasteiger partial charge in [-0.1, -0.05) is 29.8 Å². The van der Waals surface area contributed by atoms with E-state index in [1.165, 1.54) is 11.3 Å². The maximum atomic E-state index is 12.1. The van der Waals surface area contributed by atoms with Crippen molar-refractivity contribution >= 4 is 28.8 Å². The first-order valence-electron chi connectivity index (χ1n) is 5.81. The molecule has 1 heterocycles. The number of hydrogen-bond donors (Lipinski definition) is 1. The van der Waals surface area contributed by atoms with E-state index in [0.717, 1.165) is 9.21 Å². The zero-order valence-electron chi connectivity index (χ0n) is 10.5. The Morgan fingerprint density at radius 1 is 1.32 bits per heavy atom. The van der Waals surface area contributed by atoms with Crippen molar-refractivity contribution < 1.29 is 9.90 Å². The predicted octanol–water partition coefficient (Wildman–Crippen LogP) is 3.31.